The molecular formula is C14H16N2O3S. The summed E-state index contributed by atoms with van der Waals surface area (Å²) in [7, 11) is -3.34. The van der Waals surface area contributed by atoms with Crippen LogP contribution in [0.25, 0.3) is 0 Å². The number of nitrogens with zero attached hydrogens (tertiary/aromatic N) is 2. The van der Waals surface area contributed by atoms with Crippen molar-refractivity contribution < 1.29 is 13.2 Å². The van der Waals surface area contributed by atoms with Gasteiger partial charge in [-0.1, -0.05) is 6.07 Å². The molecule has 1 fully saturated rings. The van der Waals surface area contributed by atoms with Crippen LogP contribution in [0.3, 0.4) is 0 Å². The molecule has 20 heavy (non-hydrogen) atoms. The molecule has 1 aliphatic rings. The van der Waals surface area contributed by atoms with E-state index in [1.807, 2.05) is 0 Å². The largest absolute Gasteiger partial charge is 0.323 e. The molecule has 5 nitrogen and oxygen atoms in total. The van der Waals surface area contributed by atoms with E-state index >= 15 is 0 Å². The first-order valence-corrected chi connectivity index (χ1v) is 8.33. The highest BCUT2D eigenvalue weighted by Crippen LogP contribution is 2.20. The molecule has 1 atom stereocenters. The zero-order valence-electron chi connectivity index (χ0n) is 11.2. The van der Waals surface area contributed by atoms with E-state index in [1.165, 1.54) is 17.0 Å². The molecule has 1 amide bonds. The van der Waals surface area contributed by atoms with Gasteiger partial charge in [0.25, 0.3) is 5.91 Å². The Morgan fingerprint density at radius 3 is 2.80 bits per heavy atom. The number of sulfone groups is 1. The van der Waals surface area contributed by atoms with Crippen LogP contribution in [0.15, 0.2) is 29.2 Å². The van der Waals surface area contributed by atoms with Crippen LogP contribution in [-0.2, 0) is 9.84 Å². The lowest BCUT2D eigenvalue weighted by Crippen LogP contribution is -2.42. The molecule has 1 saturated heterocycles. The third-order valence-corrected chi connectivity index (χ3v) is 4.53. The van der Waals surface area contributed by atoms with Gasteiger partial charge in [0, 0.05) is 18.4 Å². The van der Waals surface area contributed by atoms with E-state index in [-0.39, 0.29) is 10.8 Å². The third kappa shape index (κ3) is 2.99. The number of amides is 1. The van der Waals surface area contributed by atoms with E-state index < -0.39 is 15.9 Å². The zero-order chi connectivity index (χ0) is 14.8. The highest BCUT2D eigenvalue weighted by atomic mass is 32.2. The van der Waals surface area contributed by atoms with Crippen molar-refractivity contribution in [1.82, 2.24) is 4.90 Å². The van der Waals surface area contributed by atoms with Gasteiger partial charge >= 0.3 is 0 Å². The van der Waals surface area contributed by atoms with E-state index in [0.717, 1.165) is 19.1 Å². The molecular weight excluding hydrogens is 276 g/mol. The number of likely N-dealkylation sites (tertiary alicyclic amines) is 1. The van der Waals surface area contributed by atoms with Crippen LogP contribution in [0.5, 0.6) is 0 Å². The molecule has 0 spiro atoms. The van der Waals surface area contributed by atoms with Crippen molar-refractivity contribution in [1.29, 1.82) is 5.26 Å². The molecule has 0 bridgehead atoms. The van der Waals surface area contributed by atoms with Crippen molar-refractivity contribution in [2.75, 3.05) is 12.8 Å². The van der Waals surface area contributed by atoms with Crippen LogP contribution >= 0.6 is 0 Å². The van der Waals surface area contributed by atoms with Crippen LogP contribution in [0.2, 0.25) is 0 Å². The number of piperidine rings is 1. The highest BCUT2D eigenvalue weighted by molar-refractivity contribution is 7.90. The molecule has 1 unspecified atom stereocenters. The average Bonchev–Trinajstić information content (AvgIpc) is 2.45. The fourth-order valence-electron chi connectivity index (χ4n) is 2.33. The normalized spacial score (nSPS) is 19.4. The molecule has 0 N–H and O–H groups in total. The summed E-state index contributed by atoms with van der Waals surface area (Å²) >= 11 is 0. The first kappa shape index (κ1) is 14.5. The second-order valence-corrected chi connectivity index (χ2v) is 6.95. The molecule has 1 heterocycles. The molecule has 106 valence electrons. The number of benzene rings is 1. The molecule has 0 aromatic heterocycles. The minimum absolute atomic E-state index is 0.119. The zero-order valence-corrected chi connectivity index (χ0v) is 12.1. The molecule has 6 heteroatoms. The standard InChI is InChI=1S/C14H16N2O3S/c1-20(18,19)13-7-4-5-11(9-13)14(17)16-8-3-2-6-12(16)10-15/h4-5,7,9,12H,2-3,6,8H2,1H3. The quantitative estimate of drug-likeness (QED) is 0.829. The maximum atomic E-state index is 12.4. The first-order valence-electron chi connectivity index (χ1n) is 6.44. The second kappa shape index (κ2) is 5.63. The fraction of sp³-hybridized carbons (Fsp3) is 0.429. The summed E-state index contributed by atoms with van der Waals surface area (Å²) < 4.78 is 23.1. The molecule has 0 radical (unpaired) electrons. The number of hydrogen-bond acceptors (Lipinski definition) is 4. The molecule has 0 aliphatic carbocycles. The van der Waals surface area contributed by atoms with Crippen LogP contribution in [-0.4, -0.2) is 38.1 Å². The Bertz CT molecular complexity index is 661. The Balaban J connectivity index is 2.32. The molecule has 2 rings (SSSR count). The van der Waals surface area contributed by atoms with Gasteiger partial charge in [-0.2, -0.15) is 5.26 Å². The number of hydrogen-bond donors (Lipinski definition) is 0. The maximum Gasteiger partial charge on any atom is 0.254 e. The van der Waals surface area contributed by atoms with Crippen molar-refractivity contribution in [3.05, 3.63) is 29.8 Å². The van der Waals surface area contributed by atoms with Gasteiger partial charge in [0.1, 0.15) is 6.04 Å². The Labute approximate surface area is 118 Å². The van der Waals surface area contributed by atoms with E-state index in [9.17, 15) is 13.2 Å². The molecule has 1 aliphatic heterocycles. The summed E-state index contributed by atoms with van der Waals surface area (Å²) in [4.78, 5) is 14.1. The monoisotopic (exact) mass is 292 g/mol. The number of carbonyl (C=O) groups excluding carboxylic acids is 1. The van der Waals surface area contributed by atoms with Crippen LogP contribution in [0.4, 0.5) is 0 Å². The van der Waals surface area contributed by atoms with E-state index in [4.69, 9.17) is 5.26 Å². The van der Waals surface area contributed by atoms with Crippen LogP contribution in [0, 0.1) is 11.3 Å². The average molecular weight is 292 g/mol. The van der Waals surface area contributed by atoms with E-state index in [0.29, 0.717) is 18.5 Å². The van der Waals surface area contributed by atoms with Crippen molar-refractivity contribution in [2.24, 2.45) is 0 Å². The number of carbonyl (C=O) groups is 1. The number of nitriles is 1. The Morgan fingerprint density at radius 2 is 2.15 bits per heavy atom. The SMILES string of the molecule is CS(=O)(=O)c1cccc(C(=O)N2CCCCC2C#N)c1. The predicted octanol–water partition coefficient (Wildman–Crippen LogP) is 1.61. The Morgan fingerprint density at radius 1 is 1.40 bits per heavy atom. The van der Waals surface area contributed by atoms with Crippen molar-refractivity contribution in [3.8, 4) is 6.07 Å². The van der Waals surface area contributed by atoms with Crippen molar-refractivity contribution in [2.45, 2.75) is 30.2 Å². The van der Waals surface area contributed by atoms with Gasteiger partial charge in [-0.05, 0) is 37.5 Å². The van der Waals surface area contributed by atoms with Gasteiger partial charge in [0.05, 0.1) is 11.0 Å². The summed E-state index contributed by atoms with van der Waals surface area (Å²) in [6.07, 6.45) is 3.59. The Hall–Kier alpha value is -1.87. The predicted molar refractivity (Wildman–Crippen MR) is 73.8 cm³/mol. The van der Waals surface area contributed by atoms with Gasteiger partial charge < -0.3 is 4.90 Å². The summed E-state index contributed by atoms with van der Waals surface area (Å²) in [5.74, 6) is -0.276. The molecule has 0 saturated carbocycles. The summed E-state index contributed by atoms with van der Waals surface area (Å²) in [6, 6.07) is 7.69. The third-order valence-electron chi connectivity index (χ3n) is 3.42. The lowest BCUT2D eigenvalue weighted by molar-refractivity contribution is 0.0670. The van der Waals surface area contributed by atoms with E-state index in [1.54, 1.807) is 12.1 Å². The van der Waals surface area contributed by atoms with E-state index in [2.05, 4.69) is 6.07 Å². The lowest BCUT2D eigenvalue weighted by Gasteiger charge is -2.31. The van der Waals surface area contributed by atoms with Crippen molar-refractivity contribution >= 4 is 15.7 Å². The van der Waals surface area contributed by atoms with Gasteiger partial charge in [-0.15, -0.1) is 0 Å². The Kier molecular flexibility index (Phi) is 4.09. The minimum atomic E-state index is -3.34. The van der Waals surface area contributed by atoms with Gasteiger partial charge in [-0.3, -0.25) is 4.79 Å². The molecule has 1 aromatic carbocycles. The smallest absolute Gasteiger partial charge is 0.254 e. The van der Waals surface area contributed by atoms with Crippen LogP contribution < -0.4 is 0 Å². The number of rotatable bonds is 2. The topological polar surface area (TPSA) is 78.2 Å². The maximum absolute atomic E-state index is 12.4. The van der Waals surface area contributed by atoms with Gasteiger partial charge in [0.15, 0.2) is 9.84 Å². The molecule has 1 aromatic rings. The van der Waals surface area contributed by atoms with Crippen LogP contribution in [0.1, 0.15) is 29.6 Å². The first-order chi connectivity index (χ1) is 9.43. The van der Waals surface area contributed by atoms with Gasteiger partial charge in [0.2, 0.25) is 0 Å². The summed E-state index contributed by atoms with van der Waals surface area (Å²) in [6.45, 7) is 0.542. The fourth-order valence-corrected chi connectivity index (χ4v) is 3.00. The van der Waals surface area contributed by atoms with Gasteiger partial charge in [-0.25, -0.2) is 8.42 Å². The van der Waals surface area contributed by atoms with Crippen molar-refractivity contribution in [3.63, 3.8) is 0 Å². The second-order valence-electron chi connectivity index (χ2n) is 4.94. The summed E-state index contributed by atoms with van der Waals surface area (Å²) in [5, 5.41) is 9.10. The summed E-state index contributed by atoms with van der Waals surface area (Å²) in [5.41, 5.74) is 0.315. The minimum Gasteiger partial charge on any atom is -0.323 e. The lowest BCUT2D eigenvalue weighted by atomic mass is 10.0. The highest BCUT2D eigenvalue weighted by Gasteiger charge is 2.27.